The number of amides is 1. The lowest BCUT2D eigenvalue weighted by Crippen LogP contribution is -2.16. The van der Waals surface area contributed by atoms with E-state index < -0.39 is 5.91 Å². The summed E-state index contributed by atoms with van der Waals surface area (Å²) in [4.78, 5) is 24.7. The third-order valence-corrected chi connectivity index (χ3v) is 5.21. The van der Waals surface area contributed by atoms with Gasteiger partial charge in [0.25, 0.3) is 11.5 Å². The molecule has 0 spiro atoms. The Morgan fingerprint density at radius 2 is 1.85 bits per heavy atom. The van der Waals surface area contributed by atoms with Crippen LogP contribution in [0.5, 0.6) is 0 Å². The fourth-order valence-electron chi connectivity index (χ4n) is 2.03. The number of aromatic nitrogens is 1. The van der Waals surface area contributed by atoms with Gasteiger partial charge in [-0.15, -0.1) is 11.3 Å². The Balaban J connectivity index is 2.43. The molecule has 3 rings (SSSR count). The first-order chi connectivity index (χ1) is 9.59. The number of nitrogens with zero attached hydrogens (tertiary/aromatic N) is 1. The fraction of sp³-hybridized carbons (Fsp3) is 0. The van der Waals surface area contributed by atoms with Crippen LogP contribution in [0, 0.1) is 0 Å². The summed E-state index contributed by atoms with van der Waals surface area (Å²) in [6, 6.07) is 12.5. The Hall–Kier alpha value is -1.92. The third-order valence-electron chi connectivity index (χ3n) is 2.92. The smallest absolute Gasteiger partial charge is 0.260 e. The minimum Gasteiger partial charge on any atom is -0.365 e. The average Bonchev–Trinajstić information content (AvgIpc) is 2.77. The molecular formula is C14H9BrN2O2S. The number of benzene rings is 1. The maximum atomic E-state index is 12.2. The van der Waals surface area contributed by atoms with Crippen LogP contribution in [0.1, 0.15) is 9.67 Å². The summed E-state index contributed by atoms with van der Waals surface area (Å²) in [7, 11) is 0. The van der Waals surface area contributed by atoms with Crippen molar-refractivity contribution < 1.29 is 4.79 Å². The van der Waals surface area contributed by atoms with Crippen molar-refractivity contribution in [2.24, 2.45) is 5.73 Å². The second-order valence-corrected chi connectivity index (χ2v) is 5.96. The second-order valence-electron chi connectivity index (χ2n) is 4.17. The number of rotatable bonds is 2. The molecule has 20 heavy (non-hydrogen) atoms. The minimum atomic E-state index is -0.509. The molecule has 0 radical (unpaired) electrons. The van der Waals surface area contributed by atoms with Crippen molar-refractivity contribution >= 4 is 43.4 Å². The molecule has 0 saturated heterocycles. The molecule has 0 aliphatic heterocycles. The van der Waals surface area contributed by atoms with E-state index in [1.807, 2.05) is 30.3 Å². The summed E-state index contributed by atoms with van der Waals surface area (Å²) in [5.74, 6) is -0.509. The Labute approximate surface area is 126 Å². The van der Waals surface area contributed by atoms with E-state index in [9.17, 15) is 9.59 Å². The zero-order chi connectivity index (χ0) is 14.3. The number of carbonyl (C=O) groups is 1. The van der Waals surface area contributed by atoms with Crippen LogP contribution >= 0.6 is 27.3 Å². The molecule has 0 atom stereocenters. The second kappa shape index (κ2) is 4.88. The molecule has 2 aromatic heterocycles. The van der Waals surface area contributed by atoms with Crippen molar-refractivity contribution in [2.45, 2.75) is 0 Å². The standard InChI is InChI=1S/C14H9BrN2O2S/c15-11-9-6-7-10(18)17(8-4-2-1-3-5-8)14(9)20-12(11)13(16)19/h1-7H,(H2,16,19). The first-order valence-electron chi connectivity index (χ1n) is 5.79. The molecule has 3 aromatic rings. The molecule has 0 fully saturated rings. The predicted molar refractivity (Wildman–Crippen MR) is 83.6 cm³/mol. The highest BCUT2D eigenvalue weighted by atomic mass is 79.9. The van der Waals surface area contributed by atoms with Crippen LogP contribution in [0.15, 0.2) is 51.7 Å². The molecule has 2 heterocycles. The number of primary amides is 1. The fourth-order valence-corrected chi connectivity index (χ4v) is 3.98. The molecular weight excluding hydrogens is 340 g/mol. The zero-order valence-corrected chi connectivity index (χ0v) is 12.6. The zero-order valence-electron chi connectivity index (χ0n) is 10.2. The number of fused-ring (bicyclic) bond motifs is 1. The first-order valence-corrected chi connectivity index (χ1v) is 7.40. The Morgan fingerprint density at radius 3 is 2.50 bits per heavy atom. The van der Waals surface area contributed by atoms with Gasteiger partial charge in [-0.1, -0.05) is 18.2 Å². The lowest BCUT2D eigenvalue weighted by atomic mass is 10.2. The predicted octanol–water partition coefficient (Wildman–Crippen LogP) is 2.91. The van der Waals surface area contributed by atoms with Crippen LogP contribution in [-0.4, -0.2) is 10.5 Å². The number of pyridine rings is 1. The molecule has 4 nitrogen and oxygen atoms in total. The maximum absolute atomic E-state index is 12.2. The van der Waals surface area contributed by atoms with Crippen LogP contribution in [0.3, 0.4) is 0 Å². The van der Waals surface area contributed by atoms with Crippen molar-refractivity contribution in [3.05, 3.63) is 62.2 Å². The van der Waals surface area contributed by atoms with Crippen LogP contribution < -0.4 is 11.3 Å². The van der Waals surface area contributed by atoms with E-state index in [0.717, 1.165) is 11.1 Å². The summed E-state index contributed by atoms with van der Waals surface area (Å²) < 4.78 is 2.21. The Morgan fingerprint density at radius 1 is 1.15 bits per heavy atom. The summed E-state index contributed by atoms with van der Waals surface area (Å²) >= 11 is 4.59. The van der Waals surface area contributed by atoms with Gasteiger partial charge in [-0.3, -0.25) is 14.2 Å². The largest absolute Gasteiger partial charge is 0.365 e. The van der Waals surface area contributed by atoms with E-state index in [0.29, 0.717) is 14.2 Å². The minimum absolute atomic E-state index is 0.145. The monoisotopic (exact) mass is 348 g/mol. The molecule has 0 aliphatic rings. The number of nitrogens with two attached hydrogens (primary N) is 1. The van der Waals surface area contributed by atoms with E-state index in [1.54, 1.807) is 10.6 Å². The van der Waals surface area contributed by atoms with E-state index in [2.05, 4.69) is 15.9 Å². The molecule has 100 valence electrons. The van der Waals surface area contributed by atoms with Gasteiger partial charge in [-0.05, 0) is 34.1 Å². The number of halogens is 1. The summed E-state index contributed by atoms with van der Waals surface area (Å²) in [6.45, 7) is 0. The topological polar surface area (TPSA) is 65.1 Å². The van der Waals surface area contributed by atoms with E-state index in [4.69, 9.17) is 5.73 Å². The lowest BCUT2D eigenvalue weighted by Gasteiger charge is -2.06. The van der Waals surface area contributed by atoms with E-state index >= 15 is 0 Å². The summed E-state index contributed by atoms with van der Waals surface area (Å²) in [6.07, 6.45) is 0. The van der Waals surface area contributed by atoms with Gasteiger partial charge < -0.3 is 5.73 Å². The summed E-state index contributed by atoms with van der Waals surface area (Å²) in [5.41, 5.74) is 5.97. The number of hydrogen-bond donors (Lipinski definition) is 1. The van der Waals surface area contributed by atoms with Gasteiger partial charge in [0.1, 0.15) is 9.71 Å². The number of hydrogen-bond acceptors (Lipinski definition) is 3. The van der Waals surface area contributed by atoms with Crippen molar-refractivity contribution in [2.75, 3.05) is 0 Å². The maximum Gasteiger partial charge on any atom is 0.260 e. The molecule has 0 saturated carbocycles. The molecule has 1 aromatic carbocycles. The number of thiophene rings is 1. The molecule has 0 unspecified atom stereocenters. The number of para-hydroxylation sites is 1. The van der Waals surface area contributed by atoms with Gasteiger partial charge in [0.05, 0.1) is 10.2 Å². The highest BCUT2D eigenvalue weighted by Gasteiger charge is 2.17. The third kappa shape index (κ3) is 1.97. The van der Waals surface area contributed by atoms with Gasteiger partial charge in [0.2, 0.25) is 0 Å². The molecule has 0 bridgehead atoms. The molecule has 2 N–H and O–H groups in total. The summed E-state index contributed by atoms with van der Waals surface area (Å²) in [5, 5.41) is 0.798. The highest BCUT2D eigenvalue weighted by molar-refractivity contribution is 9.10. The van der Waals surface area contributed by atoms with Crippen LogP contribution in [0.4, 0.5) is 0 Å². The van der Waals surface area contributed by atoms with Crippen LogP contribution in [-0.2, 0) is 0 Å². The normalized spacial score (nSPS) is 10.8. The van der Waals surface area contributed by atoms with E-state index in [-0.39, 0.29) is 5.56 Å². The van der Waals surface area contributed by atoms with Gasteiger partial charge >= 0.3 is 0 Å². The van der Waals surface area contributed by atoms with Gasteiger partial charge in [0, 0.05) is 11.5 Å². The molecule has 0 aliphatic carbocycles. The Kier molecular flexibility index (Phi) is 3.19. The highest BCUT2D eigenvalue weighted by Crippen LogP contribution is 2.35. The van der Waals surface area contributed by atoms with Crippen LogP contribution in [0.2, 0.25) is 0 Å². The quantitative estimate of drug-likeness (QED) is 0.773. The van der Waals surface area contributed by atoms with Gasteiger partial charge in [0.15, 0.2) is 0 Å². The molecule has 6 heteroatoms. The van der Waals surface area contributed by atoms with Crippen molar-refractivity contribution in [3.8, 4) is 5.69 Å². The SMILES string of the molecule is NC(=O)c1sc2c(ccc(=O)n2-c2ccccc2)c1Br. The van der Waals surface area contributed by atoms with Crippen molar-refractivity contribution in [1.82, 2.24) is 4.57 Å². The molecule has 1 amide bonds. The van der Waals surface area contributed by atoms with E-state index in [1.165, 1.54) is 17.4 Å². The van der Waals surface area contributed by atoms with Gasteiger partial charge in [-0.2, -0.15) is 0 Å². The van der Waals surface area contributed by atoms with Crippen molar-refractivity contribution in [3.63, 3.8) is 0 Å². The number of carbonyl (C=O) groups excluding carboxylic acids is 1. The lowest BCUT2D eigenvalue weighted by molar-refractivity contribution is 0.100. The van der Waals surface area contributed by atoms with Gasteiger partial charge in [-0.25, -0.2) is 0 Å². The van der Waals surface area contributed by atoms with Crippen molar-refractivity contribution in [1.29, 1.82) is 0 Å². The average molecular weight is 349 g/mol. The Bertz CT molecular complexity index is 868. The van der Waals surface area contributed by atoms with Crippen LogP contribution in [0.25, 0.3) is 15.9 Å². The first kappa shape index (κ1) is 13.1.